The number of nitrogens with one attached hydrogen (secondary N) is 1. The fourth-order valence-electron chi connectivity index (χ4n) is 3.84. The van der Waals surface area contributed by atoms with Gasteiger partial charge in [-0.1, -0.05) is 84.9 Å². The lowest BCUT2D eigenvalue weighted by atomic mass is 9.84. The molecule has 0 bridgehead atoms. The normalized spacial score (nSPS) is 18.4. The highest BCUT2D eigenvalue weighted by Crippen LogP contribution is 2.32. The van der Waals surface area contributed by atoms with Gasteiger partial charge in [0.2, 0.25) is 0 Å². The van der Waals surface area contributed by atoms with Gasteiger partial charge in [-0.15, -0.1) is 0 Å². The van der Waals surface area contributed by atoms with E-state index in [4.69, 9.17) is 4.74 Å². The Kier molecular flexibility index (Phi) is 5.44. The summed E-state index contributed by atoms with van der Waals surface area (Å²) in [4.78, 5) is 0. The van der Waals surface area contributed by atoms with Gasteiger partial charge in [0.1, 0.15) is 0 Å². The summed E-state index contributed by atoms with van der Waals surface area (Å²) in [7, 11) is 0. The van der Waals surface area contributed by atoms with Crippen LogP contribution in [0.25, 0.3) is 11.1 Å². The van der Waals surface area contributed by atoms with Crippen LogP contribution in [0.4, 0.5) is 0 Å². The van der Waals surface area contributed by atoms with Crippen molar-refractivity contribution < 1.29 is 4.74 Å². The van der Waals surface area contributed by atoms with Crippen LogP contribution in [0.2, 0.25) is 0 Å². The summed E-state index contributed by atoms with van der Waals surface area (Å²) in [6.45, 7) is 2.64. The maximum absolute atomic E-state index is 6.15. The maximum atomic E-state index is 6.15. The molecule has 1 aliphatic rings. The lowest BCUT2D eigenvalue weighted by molar-refractivity contribution is 0.0110. The lowest BCUT2D eigenvalue weighted by Crippen LogP contribution is -2.42. The van der Waals surface area contributed by atoms with Crippen molar-refractivity contribution in [1.29, 1.82) is 0 Å². The van der Waals surface area contributed by atoms with Gasteiger partial charge in [-0.25, -0.2) is 0 Å². The Balaban J connectivity index is 1.68. The predicted molar refractivity (Wildman–Crippen MR) is 107 cm³/mol. The minimum absolute atomic E-state index is 0.204. The Bertz CT molecular complexity index is 810. The molecular weight excluding hydrogens is 318 g/mol. The van der Waals surface area contributed by atoms with Gasteiger partial charge in [0.25, 0.3) is 0 Å². The number of hydrogen-bond acceptors (Lipinski definition) is 2. The van der Waals surface area contributed by atoms with Gasteiger partial charge >= 0.3 is 0 Å². The molecule has 1 aliphatic heterocycles. The quantitative estimate of drug-likeness (QED) is 0.727. The van der Waals surface area contributed by atoms with E-state index in [1.54, 1.807) is 0 Å². The third-order valence-electron chi connectivity index (χ3n) is 5.17. The lowest BCUT2D eigenvalue weighted by Gasteiger charge is -2.32. The highest BCUT2D eigenvalue weighted by atomic mass is 16.5. The highest BCUT2D eigenvalue weighted by molar-refractivity contribution is 5.67. The summed E-state index contributed by atoms with van der Waals surface area (Å²) in [6, 6.07) is 30.2. The molecule has 3 aromatic rings. The predicted octanol–water partition coefficient (Wildman–Crippen LogP) is 4.67. The van der Waals surface area contributed by atoms with Crippen LogP contribution >= 0.6 is 0 Å². The third kappa shape index (κ3) is 3.87. The zero-order valence-corrected chi connectivity index (χ0v) is 15.0. The van der Waals surface area contributed by atoms with Gasteiger partial charge in [0.15, 0.2) is 0 Å². The first-order valence-corrected chi connectivity index (χ1v) is 9.42. The molecule has 1 N–H and O–H groups in total. The van der Waals surface area contributed by atoms with Crippen LogP contribution in [0.1, 0.15) is 17.0 Å². The van der Waals surface area contributed by atoms with Crippen LogP contribution < -0.4 is 5.32 Å². The van der Waals surface area contributed by atoms with E-state index in [1.807, 2.05) is 0 Å². The van der Waals surface area contributed by atoms with Crippen LogP contribution in [0.15, 0.2) is 84.9 Å². The standard InChI is InChI=1S/C24H25NO/c1-3-9-19(10-4-1)22-14-8-7-13-21(22)17-23(20-11-5-2-6-12-20)24-18-25-15-16-26-24/h1-14,23-25H,15-18H2/t23-,24+/m0/s1. The van der Waals surface area contributed by atoms with Crippen molar-refractivity contribution in [2.45, 2.75) is 18.4 Å². The van der Waals surface area contributed by atoms with Gasteiger partial charge in [-0.3, -0.25) is 0 Å². The monoisotopic (exact) mass is 343 g/mol. The molecule has 1 fully saturated rings. The van der Waals surface area contributed by atoms with Crippen LogP contribution in [-0.4, -0.2) is 25.8 Å². The minimum atomic E-state index is 0.204. The summed E-state index contributed by atoms with van der Waals surface area (Å²) < 4.78 is 6.15. The zero-order chi connectivity index (χ0) is 17.6. The molecule has 132 valence electrons. The van der Waals surface area contributed by atoms with E-state index in [0.717, 1.165) is 26.1 Å². The molecule has 4 rings (SSSR count). The summed E-state index contributed by atoms with van der Waals surface area (Å²) in [5.41, 5.74) is 5.32. The molecule has 0 saturated carbocycles. The Morgan fingerprint density at radius 3 is 2.27 bits per heavy atom. The largest absolute Gasteiger partial charge is 0.375 e. The highest BCUT2D eigenvalue weighted by Gasteiger charge is 2.26. The first-order chi connectivity index (χ1) is 12.9. The first-order valence-electron chi connectivity index (χ1n) is 9.42. The second-order valence-electron chi connectivity index (χ2n) is 6.86. The Labute approximate surface area is 155 Å². The molecule has 1 saturated heterocycles. The molecule has 2 heteroatoms. The molecule has 1 heterocycles. The van der Waals surface area contributed by atoms with E-state index in [-0.39, 0.29) is 6.10 Å². The Morgan fingerprint density at radius 1 is 0.846 bits per heavy atom. The van der Waals surface area contributed by atoms with E-state index in [0.29, 0.717) is 5.92 Å². The van der Waals surface area contributed by atoms with E-state index in [1.165, 1.54) is 22.3 Å². The van der Waals surface area contributed by atoms with E-state index >= 15 is 0 Å². The summed E-state index contributed by atoms with van der Waals surface area (Å²) in [5.74, 6) is 0.342. The van der Waals surface area contributed by atoms with Gasteiger partial charge in [0, 0.05) is 19.0 Å². The van der Waals surface area contributed by atoms with Crippen LogP contribution in [0, 0.1) is 0 Å². The Hall–Kier alpha value is -2.42. The van der Waals surface area contributed by atoms with Crippen molar-refractivity contribution in [1.82, 2.24) is 5.32 Å². The summed E-state index contributed by atoms with van der Waals surface area (Å²) in [6.07, 6.45) is 1.18. The van der Waals surface area contributed by atoms with Gasteiger partial charge in [-0.2, -0.15) is 0 Å². The summed E-state index contributed by atoms with van der Waals surface area (Å²) >= 11 is 0. The minimum Gasteiger partial charge on any atom is -0.375 e. The first kappa shape index (κ1) is 17.0. The molecule has 0 amide bonds. The van der Waals surface area contributed by atoms with Crippen molar-refractivity contribution in [3.05, 3.63) is 96.1 Å². The number of rotatable bonds is 5. The van der Waals surface area contributed by atoms with Crippen molar-refractivity contribution in [2.24, 2.45) is 0 Å². The van der Waals surface area contributed by atoms with Crippen molar-refractivity contribution in [3.8, 4) is 11.1 Å². The second kappa shape index (κ2) is 8.31. The molecule has 0 spiro atoms. The molecule has 2 atom stereocenters. The van der Waals surface area contributed by atoms with E-state index in [9.17, 15) is 0 Å². The van der Waals surface area contributed by atoms with Gasteiger partial charge in [-0.05, 0) is 28.7 Å². The van der Waals surface area contributed by atoms with Crippen molar-refractivity contribution >= 4 is 0 Å². The number of hydrogen-bond donors (Lipinski definition) is 1. The van der Waals surface area contributed by atoms with Crippen LogP contribution in [0.5, 0.6) is 0 Å². The number of morpholine rings is 1. The van der Waals surface area contributed by atoms with Crippen molar-refractivity contribution in [3.63, 3.8) is 0 Å². The molecule has 3 aromatic carbocycles. The SMILES string of the molecule is c1ccc(-c2ccccc2C[C@@H](c2ccccc2)[C@H]2CNCCO2)cc1. The third-order valence-corrected chi connectivity index (χ3v) is 5.17. The molecular formula is C24H25NO. The molecule has 0 aliphatic carbocycles. The molecule has 0 aromatic heterocycles. The molecule has 26 heavy (non-hydrogen) atoms. The number of benzene rings is 3. The van der Waals surface area contributed by atoms with E-state index < -0.39 is 0 Å². The van der Waals surface area contributed by atoms with Crippen LogP contribution in [0.3, 0.4) is 0 Å². The van der Waals surface area contributed by atoms with E-state index in [2.05, 4.69) is 90.2 Å². The molecule has 2 nitrogen and oxygen atoms in total. The molecule has 0 radical (unpaired) electrons. The zero-order valence-electron chi connectivity index (χ0n) is 15.0. The fraction of sp³-hybridized carbons (Fsp3) is 0.250. The smallest absolute Gasteiger partial charge is 0.0771 e. The second-order valence-corrected chi connectivity index (χ2v) is 6.86. The number of ether oxygens (including phenoxy) is 1. The summed E-state index contributed by atoms with van der Waals surface area (Å²) in [5, 5.41) is 3.49. The molecule has 0 unspecified atom stereocenters. The topological polar surface area (TPSA) is 21.3 Å². The van der Waals surface area contributed by atoms with Gasteiger partial charge < -0.3 is 10.1 Å². The average molecular weight is 343 g/mol. The van der Waals surface area contributed by atoms with Crippen molar-refractivity contribution in [2.75, 3.05) is 19.7 Å². The Morgan fingerprint density at radius 2 is 1.54 bits per heavy atom. The average Bonchev–Trinajstić information content (AvgIpc) is 2.74. The maximum Gasteiger partial charge on any atom is 0.0771 e. The fourth-order valence-corrected chi connectivity index (χ4v) is 3.84. The van der Waals surface area contributed by atoms with Crippen LogP contribution in [-0.2, 0) is 11.2 Å². The van der Waals surface area contributed by atoms with Gasteiger partial charge in [0.05, 0.1) is 12.7 Å².